The number of hydrogen-bond donors (Lipinski definition) is 3. The lowest BCUT2D eigenvalue weighted by atomic mass is 9.97. The Hall–Kier alpha value is -2.82. The molecule has 2 aromatic carbocycles. The molecule has 0 unspecified atom stereocenters. The van der Waals surface area contributed by atoms with Crippen molar-refractivity contribution in [3.8, 4) is 0 Å². The van der Waals surface area contributed by atoms with Crippen LogP contribution < -0.4 is 16.0 Å². The van der Waals surface area contributed by atoms with E-state index in [0.29, 0.717) is 16.8 Å². The zero-order valence-electron chi connectivity index (χ0n) is 14.0. The second-order valence-electron chi connectivity index (χ2n) is 6.61. The van der Waals surface area contributed by atoms with E-state index in [4.69, 9.17) is 0 Å². The van der Waals surface area contributed by atoms with Crippen molar-refractivity contribution < 1.29 is 9.59 Å². The fourth-order valence-corrected chi connectivity index (χ4v) is 3.19. The van der Waals surface area contributed by atoms with Gasteiger partial charge >= 0.3 is 0 Å². The molecule has 1 aliphatic carbocycles. The molecule has 25 heavy (non-hydrogen) atoms. The predicted octanol–water partition coefficient (Wildman–Crippen LogP) is 3.19. The van der Waals surface area contributed by atoms with E-state index in [0.717, 1.165) is 43.5 Å². The number of para-hydroxylation sites is 1. The van der Waals surface area contributed by atoms with Crippen molar-refractivity contribution in [3.63, 3.8) is 0 Å². The lowest BCUT2D eigenvalue weighted by Gasteiger charge is -2.21. The van der Waals surface area contributed by atoms with E-state index >= 15 is 0 Å². The smallest absolute Gasteiger partial charge is 0.256 e. The summed E-state index contributed by atoms with van der Waals surface area (Å²) in [6, 6.07) is 13.2. The van der Waals surface area contributed by atoms with Gasteiger partial charge in [0.05, 0.1) is 11.3 Å². The first kappa shape index (κ1) is 15.7. The first-order valence-corrected chi connectivity index (χ1v) is 8.79. The number of benzene rings is 2. The topological polar surface area (TPSA) is 70.2 Å². The maximum atomic E-state index is 12.8. The summed E-state index contributed by atoms with van der Waals surface area (Å²) < 4.78 is 0. The summed E-state index contributed by atoms with van der Waals surface area (Å²) >= 11 is 0. The van der Waals surface area contributed by atoms with Gasteiger partial charge in [0.1, 0.15) is 0 Å². The van der Waals surface area contributed by atoms with Gasteiger partial charge in [0, 0.05) is 23.8 Å². The van der Waals surface area contributed by atoms with Crippen molar-refractivity contribution in [2.24, 2.45) is 0 Å². The minimum atomic E-state index is -0.174. The number of rotatable bonds is 4. The van der Waals surface area contributed by atoms with Crippen LogP contribution in [-0.2, 0) is 6.42 Å². The molecule has 128 valence electrons. The quantitative estimate of drug-likeness (QED) is 0.804. The summed E-state index contributed by atoms with van der Waals surface area (Å²) in [5, 5.41) is 9.23. The monoisotopic (exact) mass is 335 g/mol. The molecule has 0 bridgehead atoms. The molecule has 2 aliphatic rings. The van der Waals surface area contributed by atoms with Crippen LogP contribution in [0.3, 0.4) is 0 Å². The highest BCUT2D eigenvalue weighted by atomic mass is 16.2. The minimum absolute atomic E-state index is 0.129. The number of carbonyl (C=O) groups excluding carboxylic acids is 2. The van der Waals surface area contributed by atoms with Crippen LogP contribution in [0.15, 0.2) is 42.5 Å². The molecule has 1 heterocycles. The predicted molar refractivity (Wildman–Crippen MR) is 98.1 cm³/mol. The zero-order valence-corrected chi connectivity index (χ0v) is 14.0. The average Bonchev–Trinajstić information content (AvgIpc) is 3.45. The van der Waals surface area contributed by atoms with Crippen molar-refractivity contribution in [1.82, 2.24) is 5.32 Å². The Balaban J connectivity index is 1.58. The van der Waals surface area contributed by atoms with Gasteiger partial charge in [-0.1, -0.05) is 18.2 Å². The third-order valence-electron chi connectivity index (χ3n) is 4.67. The molecule has 0 saturated heterocycles. The Morgan fingerprint density at radius 1 is 0.960 bits per heavy atom. The summed E-state index contributed by atoms with van der Waals surface area (Å²) in [5.41, 5.74) is 3.80. The highest BCUT2D eigenvalue weighted by molar-refractivity contribution is 6.10. The molecule has 0 aromatic heterocycles. The third-order valence-corrected chi connectivity index (χ3v) is 4.67. The van der Waals surface area contributed by atoms with E-state index in [9.17, 15) is 9.59 Å². The van der Waals surface area contributed by atoms with Crippen LogP contribution in [0.4, 0.5) is 11.4 Å². The van der Waals surface area contributed by atoms with Gasteiger partial charge in [-0.25, -0.2) is 0 Å². The number of fused-ring (bicyclic) bond motifs is 1. The van der Waals surface area contributed by atoms with Gasteiger partial charge in [0.25, 0.3) is 11.8 Å². The summed E-state index contributed by atoms with van der Waals surface area (Å²) in [7, 11) is 0. The van der Waals surface area contributed by atoms with Crippen LogP contribution >= 0.6 is 0 Å². The van der Waals surface area contributed by atoms with E-state index < -0.39 is 0 Å². The van der Waals surface area contributed by atoms with Crippen LogP contribution in [0, 0.1) is 0 Å². The van der Waals surface area contributed by atoms with Gasteiger partial charge in [-0.2, -0.15) is 0 Å². The third kappa shape index (κ3) is 3.36. The van der Waals surface area contributed by atoms with E-state index in [-0.39, 0.29) is 17.9 Å². The fourth-order valence-electron chi connectivity index (χ4n) is 3.19. The Kier molecular flexibility index (Phi) is 4.14. The summed E-state index contributed by atoms with van der Waals surface area (Å²) in [6.07, 6.45) is 3.96. The molecule has 0 atom stereocenters. The number of amides is 2. The maximum absolute atomic E-state index is 12.8. The molecular formula is C20H21N3O2. The van der Waals surface area contributed by atoms with Gasteiger partial charge < -0.3 is 16.0 Å². The number of anilines is 2. The number of carbonyl (C=O) groups is 2. The van der Waals surface area contributed by atoms with Crippen molar-refractivity contribution in [2.45, 2.75) is 31.7 Å². The van der Waals surface area contributed by atoms with Gasteiger partial charge in [-0.15, -0.1) is 0 Å². The van der Waals surface area contributed by atoms with E-state index in [1.165, 1.54) is 0 Å². The summed E-state index contributed by atoms with van der Waals surface area (Å²) in [4.78, 5) is 25.2. The summed E-state index contributed by atoms with van der Waals surface area (Å²) in [6.45, 7) is 0.933. The molecular weight excluding hydrogens is 314 g/mol. The first-order valence-electron chi connectivity index (χ1n) is 8.79. The van der Waals surface area contributed by atoms with Crippen LogP contribution in [0.2, 0.25) is 0 Å². The Labute approximate surface area is 146 Å². The van der Waals surface area contributed by atoms with Crippen LogP contribution in [0.5, 0.6) is 0 Å². The van der Waals surface area contributed by atoms with Gasteiger partial charge in [0.15, 0.2) is 0 Å². The largest absolute Gasteiger partial charge is 0.385 e. The van der Waals surface area contributed by atoms with Gasteiger partial charge in [0.2, 0.25) is 0 Å². The van der Waals surface area contributed by atoms with Crippen molar-refractivity contribution in [3.05, 3.63) is 59.2 Å². The number of hydrogen-bond acceptors (Lipinski definition) is 3. The van der Waals surface area contributed by atoms with E-state index in [2.05, 4.69) is 16.0 Å². The molecule has 0 radical (unpaired) electrons. The molecule has 1 saturated carbocycles. The Morgan fingerprint density at radius 3 is 2.60 bits per heavy atom. The van der Waals surface area contributed by atoms with Gasteiger partial charge in [-0.3, -0.25) is 9.59 Å². The highest BCUT2D eigenvalue weighted by Crippen LogP contribution is 2.27. The highest BCUT2D eigenvalue weighted by Gasteiger charge is 2.25. The normalized spacial score (nSPS) is 15.7. The second kappa shape index (κ2) is 6.59. The van der Waals surface area contributed by atoms with Gasteiger partial charge in [-0.05, 0) is 55.5 Å². The van der Waals surface area contributed by atoms with E-state index in [1.54, 1.807) is 12.1 Å². The molecule has 5 nitrogen and oxygen atoms in total. The molecule has 5 heteroatoms. The standard InChI is InChI=1S/C20H21N3O2/c24-19(15-6-3-9-17-14(15)7-4-12-21-17)23-18-8-2-1-5-16(18)20(25)22-13-10-11-13/h1-3,5-6,8-9,13,21H,4,7,10-12H2,(H,22,25)(H,23,24). The Bertz CT molecular complexity index is 827. The fraction of sp³-hybridized carbons (Fsp3) is 0.300. The summed E-state index contributed by atoms with van der Waals surface area (Å²) in [5.74, 6) is -0.303. The minimum Gasteiger partial charge on any atom is -0.385 e. The molecule has 4 rings (SSSR count). The van der Waals surface area contributed by atoms with Crippen molar-refractivity contribution in [1.29, 1.82) is 0 Å². The molecule has 2 amide bonds. The average molecular weight is 335 g/mol. The molecule has 3 N–H and O–H groups in total. The first-order chi connectivity index (χ1) is 12.2. The van der Waals surface area contributed by atoms with Crippen LogP contribution in [-0.4, -0.2) is 24.4 Å². The molecule has 2 aromatic rings. The SMILES string of the molecule is O=C(NC1CC1)c1ccccc1NC(=O)c1cccc2c1CCCN2. The maximum Gasteiger partial charge on any atom is 0.256 e. The van der Waals surface area contributed by atoms with Crippen molar-refractivity contribution in [2.75, 3.05) is 17.2 Å². The zero-order chi connectivity index (χ0) is 17.2. The van der Waals surface area contributed by atoms with Crippen LogP contribution in [0.25, 0.3) is 0 Å². The second-order valence-corrected chi connectivity index (χ2v) is 6.61. The van der Waals surface area contributed by atoms with E-state index in [1.807, 2.05) is 30.3 Å². The lowest BCUT2D eigenvalue weighted by molar-refractivity contribution is 0.0952. The Morgan fingerprint density at radius 2 is 1.76 bits per heavy atom. The van der Waals surface area contributed by atoms with Crippen molar-refractivity contribution >= 4 is 23.2 Å². The lowest BCUT2D eigenvalue weighted by Crippen LogP contribution is -2.27. The molecule has 1 fully saturated rings. The molecule has 0 spiro atoms. The van der Waals surface area contributed by atoms with Crippen LogP contribution in [0.1, 0.15) is 45.5 Å². The molecule has 1 aliphatic heterocycles. The number of nitrogens with one attached hydrogen (secondary N) is 3.